The van der Waals surface area contributed by atoms with Gasteiger partial charge in [-0.1, -0.05) is 23.8 Å². The molecule has 1 aromatic carbocycles. The second-order valence-corrected chi connectivity index (χ2v) is 5.05. The third-order valence-electron chi connectivity index (χ3n) is 3.48. The maximum atomic E-state index is 6.25. The normalized spacial score (nSPS) is 11.1. The number of aromatic nitrogens is 2. The summed E-state index contributed by atoms with van der Waals surface area (Å²) in [5.41, 5.74) is 12.8. The molecule has 3 rings (SSSR count). The SMILES string of the molecule is Cc1cc(C)c(-c2nc3ccccn3c2N)c(C)c1. The van der Waals surface area contributed by atoms with E-state index in [0.717, 1.165) is 16.9 Å². The van der Waals surface area contributed by atoms with Crippen molar-refractivity contribution in [2.45, 2.75) is 20.8 Å². The van der Waals surface area contributed by atoms with E-state index in [1.165, 1.54) is 16.7 Å². The van der Waals surface area contributed by atoms with E-state index in [4.69, 9.17) is 5.73 Å². The Labute approximate surface area is 112 Å². The largest absolute Gasteiger partial charge is 0.383 e. The van der Waals surface area contributed by atoms with Crippen molar-refractivity contribution in [3.63, 3.8) is 0 Å². The summed E-state index contributed by atoms with van der Waals surface area (Å²) in [6.07, 6.45) is 1.94. The number of fused-ring (bicyclic) bond motifs is 1. The van der Waals surface area contributed by atoms with Crippen molar-refractivity contribution in [3.05, 3.63) is 53.2 Å². The van der Waals surface area contributed by atoms with E-state index in [1.54, 1.807) is 0 Å². The fraction of sp³-hybridized carbons (Fsp3) is 0.188. The number of aryl methyl sites for hydroxylation is 3. The molecule has 0 aliphatic carbocycles. The average Bonchev–Trinajstić information content (AvgIpc) is 2.66. The highest BCUT2D eigenvalue weighted by Gasteiger charge is 2.15. The molecular weight excluding hydrogens is 234 g/mol. The number of hydrogen-bond donors (Lipinski definition) is 1. The van der Waals surface area contributed by atoms with Crippen molar-refractivity contribution in [1.29, 1.82) is 0 Å². The first-order valence-corrected chi connectivity index (χ1v) is 6.38. The molecule has 0 aliphatic heterocycles. The number of anilines is 1. The second kappa shape index (κ2) is 4.12. The molecule has 19 heavy (non-hydrogen) atoms. The van der Waals surface area contributed by atoms with Crippen LogP contribution in [0.3, 0.4) is 0 Å². The number of nitrogens with zero attached hydrogens (tertiary/aromatic N) is 2. The van der Waals surface area contributed by atoms with E-state index in [2.05, 4.69) is 37.9 Å². The highest BCUT2D eigenvalue weighted by Crippen LogP contribution is 2.32. The smallest absolute Gasteiger partial charge is 0.139 e. The lowest BCUT2D eigenvalue weighted by Crippen LogP contribution is -1.96. The predicted octanol–water partition coefficient (Wildman–Crippen LogP) is 3.51. The standard InChI is InChI=1S/C16H17N3/c1-10-8-11(2)14(12(3)9-10)15-16(17)19-7-5-4-6-13(19)18-15/h4-9H,17H2,1-3H3. The molecule has 0 spiro atoms. The van der Waals surface area contributed by atoms with E-state index in [1.807, 2.05) is 28.8 Å². The van der Waals surface area contributed by atoms with Gasteiger partial charge >= 0.3 is 0 Å². The van der Waals surface area contributed by atoms with E-state index >= 15 is 0 Å². The van der Waals surface area contributed by atoms with Crippen LogP contribution in [0.2, 0.25) is 0 Å². The lowest BCUT2D eigenvalue weighted by Gasteiger charge is -2.09. The Morgan fingerprint density at radius 3 is 2.37 bits per heavy atom. The Bertz CT molecular complexity index is 746. The van der Waals surface area contributed by atoms with E-state index < -0.39 is 0 Å². The van der Waals surface area contributed by atoms with Gasteiger partial charge in [0.05, 0.1) is 0 Å². The van der Waals surface area contributed by atoms with E-state index in [-0.39, 0.29) is 0 Å². The Hall–Kier alpha value is -2.29. The van der Waals surface area contributed by atoms with Gasteiger partial charge in [-0.05, 0) is 44.0 Å². The lowest BCUT2D eigenvalue weighted by molar-refractivity contribution is 1.20. The molecule has 0 amide bonds. The Balaban J connectivity index is 2.34. The number of nitrogens with two attached hydrogens (primary N) is 1. The first-order chi connectivity index (χ1) is 9.08. The number of hydrogen-bond acceptors (Lipinski definition) is 2. The fourth-order valence-electron chi connectivity index (χ4n) is 2.75. The van der Waals surface area contributed by atoms with Crippen LogP contribution in [0.1, 0.15) is 16.7 Å². The molecule has 2 heterocycles. The number of benzene rings is 1. The van der Waals surface area contributed by atoms with Gasteiger partial charge in [-0.3, -0.25) is 4.40 Å². The van der Waals surface area contributed by atoms with Crippen LogP contribution >= 0.6 is 0 Å². The molecule has 3 heteroatoms. The minimum atomic E-state index is 0.700. The van der Waals surface area contributed by atoms with Crippen LogP contribution in [0.5, 0.6) is 0 Å². The summed E-state index contributed by atoms with van der Waals surface area (Å²) in [7, 11) is 0. The quantitative estimate of drug-likeness (QED) is 0.719. The molecule has 2 N–H and O–H groups in total. The van der Waals surface area contributed by atoms with Crippen LogP contribution < -0.4 is 5.73 Å². The van der Waals surface area contributed by atoms with Gasteiger partial charge in [0, 0.05) is 11.8 Å². The number of imidazole rings is 1. The summed E-state index contributed by atoms with van der Waals surface area (Å²) < 4.78 is 1.92. The van der Waals surface area contributed by atoms with Crippen LogP contribution in [0.4, 0.5) is 5.82 Å². The number of nitrogen functional groups attached to an aromatic ring is 1. The minimum Gasteiger partial charge on any atom is -0.383 e. The van der Waals surface area contributed by atoms with Gasteiger partial charge in [-0.2, -0.15) is 0 Å². The Morgan fingerprint density at radius 2 is 1.74 bits per heavy atom. The van der Waals surface area contributed by atoms with E-state index in [9.17, 15) is 0 Å². The molecule has 0 saturated carbocycles. The van der Waals surface area contributed by atoms with Gasteiger partial charge in [-0.15, -0.1) is 0 Å². The molecule has 3 aromatic rings. The molecule has 0 saturated heterocycles. The summed E-state index contributed by atoms with van der Waals surface area (Å²) in [6.45, 7) is 6.33. The first kappa shape index (κ1) is 11.8. The van der Waals surface area contributed by atoms with Crippen LogP contribution in [0, 0.1) is 20.8 Å². The first-order valence-electron chi connectivity index (χ1n) is 6.38. The Morgan fingerprint density at radius 1 is 1.05 bits per heavy atom. The fourth-order valence-corrected chi connectivity index (χ4v) is 2.75. The minimum absolute atomic E-state index is 0.700. The van der Waals surface area contributed by atoms with Gasteiger partial charge in [0.1, 0.15) is 17.2 Å². The van der Waals surface area contributed by atoms with E-state index in [0.29, 0.717) is 5.82 Å². The number of pyridine rings is 1. The summed E-state index contributed by atoms with van der Waals surface area (Å²) in [6, 6.07) is 10.3. The summed E-state index contributed by atoms with van der Waals surface area (Å²) >= 11 is 0. The van der Waals surface area contributed by atoms with Crippen molar-refractivity contribution < 1.29 is 0 Å². The van der Waals surface area contributed by atoms with Gasteiger partial charge in [0.25, 0.3) is 0 Å². The lowest BCUT2D eigenvalue weighted by atomic mass is 9.97. The topological polar surface area (TPSA) is 43.3 Å². The molecule has 0 aliphatic rings. The van der Waals surface area contributed by atoms with Crippen LogP contribution in [0.15, 0.2) is 36.5 Å². The highest BCUT2D eigenvalue weighted by atomic mass is 15.1. The zero-order chi connectivity index (χ0) is 13.6. The summed E-state index contributed by atoms with van der Waals surface area (Å²) in [5.74, 6) is 0.700. The maximum Gasteiger partial charge on any atom is 0.139 e. The maximum absolute atomic E-state index is 6.25. The third-order valence-corrected chi connectivity index (χ3v) is 3.48. The zero-order valence-corrected chi connectivity index (χ0v) is 11.4. The monoisotopic (exact) mass is 251 g/mol. The zero-order valence-electron chi connectivity index (χ0n) is 11.4. The molecule has 3 nitrogen and oxygen atoms in total. The van der Waals surface area contributed by atoms with Crippen LogP contribution in [-0.4, -0.2) is 9.38 Å². The van der Waals surface area contributed by atoms with Crippen LogP contribution in [-0.2, 0) is 0 Å². The molecular formula is C16H17N3. The van der Waals surface area contributed by atoms with Gasteiger partial charge in [0.2, 0.25) is 0 Å². The van der Waals surface area contributed by atoms with Crippen molar-refractivity contribution in [1.82, 2.24) is 9.38 Å². The van der Waals surface area contributed by atoms with Gasteiger partial charge < -0.3 is 5.73 Å². The molecule has 0 radical (unpaired) electrons. The Kier molecular flexibility index (Phi) is 2.56. The highest BCUT2D eigenvalue weighted by molar-refractivity contribution is 5.79. The van der Waals surface area contributed by atoms with Crippen molar-refractivity contribution in [3.8, 4) is 11.3 Å². The van der Waals surface area contributed by atoms with Crippen molar-refractivity contribution in [2.75, 3.05) is 5.73 Å². The van der Waals surface area contributed by atoms with Gasteiger partial charge in [0.15, 0.2) is 0 Å². The second-order valence-electron chi connectivity index (χ2n) is 5.05. The summed E-state index contributed by atoms with van der Waals surface area (Å²) in [5, 5.41) is 0. The van der Waals surface area contributed by atoms with Gasteiger partial charge in [-0.25, -0.2) is 4.98 Å². The molecule has 0 unspecified atom stereocenters. The summed E-state index contributed by atoms with van der Waals surface area (Å²) in [4.78, 5) is 4.67. The van der Waals surface area contributed by atoms with Crippen molar-refractivity contribution in [2.24, 2.45) is 0 Å². The average molecular weight is 251 g/mol. The molecule has 0 atom stereocenters. The van der Waals surface area contributed by atoms with Crippen LogP contribution in [0.25, 0.3) is 16.9 Å². The molecule has 0 bridgehead atoms. The third kappa shape index (κ3) is 1.78. The predicted molar refractivity (Wildman–Crippen MR) is 79.3 cm³/mol. The molecule has 2 aromatic heterocycles. The molecule has 96 valence electrons. The van der Waals surface area contributed by atoms with Crippen molar-refractivity contribution >= 4 is 11.5 Å². The number of rotatable bonds is 1. The molecule has 0 fully saturated rings.